The SMILES string of the molecule is CC(C)(C)OC(=O)N(c1cc(N2CCOCC2)nc(S(C)(=O)=O)n1)C1CCC(F)(F)CC1.CSc1nc(N2CCOCC2)cc(N(C(=O)OC(C)(C)C)C2CCC(F)(F)CC2)n1. The van der Waals surface area contributed by atoms with E-state index in [1.807, 2.05) is 11.2 Å². The minimum absolute atomic E-state index is 0.0198. The van der Waals surface area contributed by atoms with Crippen LogP contribution in [0.15, 0.2) is 22.4 Å². The maximum atomic E-state index is 13.8. The number of nitrogens with zero attached hydrogens (tertiary/aromatic N) is 8. The molecular weight excluding hydrogens is 861 g/mol. The highest BCUT2D eigenvalue weighted by Gasteiger charge is 2.42. The first kappa shape index (κ1) is 49.3. The maximum Gasteiger partial charge on any atom is 0.416 e. The number of anilines is 4. The van der Waals surface area contributed by atoms with Crippen LogP contribution >= 0.6 is 11.8 Å². The summed E-state index contributed by atoms with van der Waals surface area (Å²) in [6.07, 6.45) is 0.700. The maximum absolute atomic E-state index is 13.8. The molecule has 22 heteroatoms. The second kappa shape index (κ2) is 20.0. The van der Waals surface area contributed by atoms with Crippen molar-refractivity contribution in [2.24, 2.45) is 0 Å². The number of rotatable bonds is 8. The minimum Gasteiger partial charge on any atom is -0.443 e. The van der Waals surface area contributed by atoms with E-state index < -0.39 is 62.3 Å². The molecule has 348 valence electrons. The number of hydrogen-bond acceptors (Lipinski definition) is 15. The number of amides is 2. The molecule has 0 aromatic carbocycles. The molecule has 4 heterocycles. The number of morpholine rings is 2. The number of sulfone groups is 1. The fourth-order valence-electron chi connectivity index (χ4n) is 7.26. The van der Waals surface area contributed by atoms with Crippen LogP contribution in [-0.4, -0.2) is 141 Å². The lowest BCUT2D eigenvalue weighted by atomic mass is 9.91. The third-order valence-corrected chi connectivity index (χ3v) is 11.7. The van der Waals surface area contributed by atoms with Gasteiger partial charge in [-0.3, -0.25) is 9.80 Å². The Kier molecular flexibility index (Phi) is 15.9. The largest absolute Gasteiger partial charge is 0.443 e. The zero-order chi connectivity index (χ0) is 45.7. The third-order valence-electron chi connectivity index (χ3n) is 10.3. The molecule has 62 heavy (non-hydrogen) atoms. The summed E-state index contributed by atoms with van der Waals surface area (Å²) in [5.74, 6) is -4.05. The fraction of sp³-hybridized carbons (Fsp3) is 0.750. The van der Waals surface area contributed by atoms with Gasteiger partial charge in [0.15, 0.2) is 5.16 Å². The topological polar surface area (TPSA) is 170 Å². The van der Waals surface area contributed by atoms with E-state index in [1.165, 1.54) is 27.6 Å². The summed E-state index contributed by atoms with van der Waals surface area (Å²) in [6.45, 7) is 14.9. The lowest BCUT2D eigenvalue weighted by Gasteiger charge is -2.37. The van der Waals surface area contributed by atoms with Crippen LogP contribution in [0, 0.1) is 0 Å². The number of ether oxygens (including phenoxy) is 4. The number of carbonyl (C=O) groups excluding carboxylic acids is 2. The molecule has 0 spiro atoms. The van der Waals surface area contributed by atoms with Crippen molar-refractivity contribution < 1.29 is 54.5 Å². The first-order chi connectivity index (χ1) is 28.8. The van der Waals surface area contributed by atoms with Crippen LogP contribution in [0.2, 0.25) is 0 Å². The fourth-order valence-corrected chi connectivity index (χ4v) is 8.15. The van der Waals surface area contributed by atoms with Crippen LogP contribution in [0.5, 0.6) is 0 Å². The van der Waals surface area contributed by atoms with Crippen LogP contribution in [0.3, 0.4) is 0 Å². The zero-order valence-corrected chi connectivity index (χ0v) is 38.4. The van der Waals surface area contributed by atoms with E-state index in [1.54, 1.807) is 47.6 Å². The Bertz CT molecular complexity index is 1960. The van der Waals surface area contributed by atoms with Crippen molar-refractivity contribution in [3.05, 3.63) is 12.1 Å². The number of carbonyl (C=O) groups is 2. The molecule has 2 amide bonds. The zero-order valence-electron chi connectivity index (χ0n) is 36.8. The van der Waals surface area contributed by atoms with Gasteiger partial charge in [-0.2, -0.15) is 0 Å². The van der Waals surface area contributed by atoms with Gasteiger partial charge in [-0.1, -0.05) is 11.8 Å². The first-order valence-electron chi connectivity index (χ1n) is 20.8. The molecule has 2 aliphatic heterocycles. The Balaban J connectivity index is 0.000000235. The highest BCUT2D eigenvalue weighted by Crippen LogP contribution is 2.39. The Labute approximate surface area is 365 Å². The smallest absolute Gasteiger partial charge is 0.416 e. The quantitative estimate of drug-likeness (QED) is 0.146. The first-order valence-corrected chi connectivity index (χ1v) is 23.9. The van der Waals surface area contributed by atoms with Gasteiger partial charge in [0, 0.05) is 82.3 Å². The van der Waals surface area contributed by atoms with Gasteiger partial charge < -0.3 is 28.7 Å². The van der Waals surface area contributed by atoms with Crippen molar-refractivity contribution >= 4 is 57.1 Å². The summed E-state index contributed by atoms with van der Waals surface area (Å²) in [5, 5.41) is 0.0786. The Hall–Kier alpha value is -3.76. The number of aromatic nitrogens is 4. The molecule has 2 saturated heterocycles. The van der Waals surface area contributed by atoms with Gasteiger partial charge in [-0.15, -0.1) is 0 Å². The summed E-state index contributed by atoms with van der Waals surface area (Å²) in [4.78, 5) is 50.3. The predicted molar refractivity (Wildman–Crippen MR) is 227 cm³/mol. The molecule has 2 aliphatic carbocycles. The Morgan fingerprint density at radius 3 is 1.42 bits per heavy atom. The lowest BCUT2D eigenvalue weighted by molar-refractivity contribution is -0.0392. The van der Waals surface area contributed by atoms with Crippen molar-refractivity contribution in [1.82, 2.24) is 19.9 Å². The van der Waals surface area contributed by atoms with E-state index in [0.717, 1.165) is 6.26 Å². The van der Waals surface area contributed by atoms with E-state index in [2.05, 4.69) is 24.8 Å². The molecule has 2 aromatic rings. The minimum atomic E-state index is -3.81. The monoisotopic (exact) mass is 920 g/mol. The molecule has 0 radical (unpaired) electrons. The van der Waals surface area contributed by atoms with Crippen molar-refractivity contribution in [1.29, 1.82) is 0 Å². The predicted octanol–water partition coefficient (Wildman–Crippen LogP) is 7.39. The average Bonchev–Trinajstić information content (AvgIpc) is 3.18. The second-order valence-electron chi connectivity index (χ2n) is 17.8. The normalized spacial score (nSPS) is 20.1. The third kappa shape index (κ3) is 14.1. The van der Waals surface area contributed by atoms with E-state index in [-0.39, 0.29) is 57.2 Å². The van der Waals surface area contributed by atoms with Gasteiger partial charge in [0.25, 0.3) is 5.16 Å². The summed E-state index contributed by atoms with van der Waals surface area (Å²) >= 11 is 1.37. The summed E-state index contributed by atoms with van der Waals surface area (Å²) in [6, 6.07) is 2.25. The molecule has 6 rings (SSSR count). The molecule has 4 fully saturated rings. The summed E-state index contributed by atoms with van der Waals surface area (Å²) in [7, 11) is -3.81. The molecule has 0 unspecified atom stereocenters. The number of hydrogen-bond donors (Lipinski definition) is 0. The van der Waals surface area contributed by atoms with Gasteiger partial charge in [0.1, 0.15) is 34.5 Å². The molecular formula is C40H60F4N8O8S2. The standard InChI is InChI=1S/C20H30F2N4O5S.C20H30F2N4O3S/c1-19(2,3)31-18(27)26(14-5-7-20(21,22)8-6-14)16-13-15(25-9-11-30-12-10-25)23-17(24-16)32(4,28)29;1-19(2,3)29-18(27)26(14-5-7-20(21,22)8-6-14)16-13-15(23-17(24-16)30-4)25-9-11-28-12-10-25/h13-14H,5-12H2,1-4H3;13-14H,5-12H2,1-4H3. The Morgan fingerprint density at radius 1 is 0.694 bits per heavy atom. The van der Waals surface area contributed by atoms with Gasteiger partial charge in [0.05, 0.1) is 26.4 Å². The van der Waals surface area contributed by atoms with Crippen molar-refractivity contribution in [2.45, 2.75) is 138 Å². The molecule has 0 bridgehead atoms. The Morgan fingerprint density at radius 2 is 1.06 bits per heavy atom. The van der Waals surface area contributed by atoms with E-state index in [9.17, 15) is 35.6 Å². The molecule has 0 atom stereocenters. The van der Waals surface area contributed by atoms with Gasteiger partial charge >= 0.3 is 12.2 Å². The van der Waals surface area contributed by atoms with Crippen LogP contribution in [0.4, 0.5) is 50.4 Å². The lowest BCUT2D eigenvalue weighted by Crippen LogP contribution is -2.47. The summed E-state index contributed by atoms with van der Waals surface area (Å²) in [5.41, 5.74) is -1.55. The van der Waals surface area contributed by atoms with Crippen molar-refractivity contribution in [2.75, 3.05) is 84.7 Å². The second-order valence-corrected chi connectivity index (χ2v) is 20.5. The molecule has 4 aliphatic rings. The van der Waals surface area contributed by atoms with Crippen molar-refractivity contribution in [3.8, 4) is 0 Å². The van der Waals surface area contributed by atoms with E-state index in [4.69, 9.17) is 18.9 Å². The van der Waals surface area contributed by atoms with Crippen LogP contribution in [0.25, 0.3) is 0 Å². The summed E-state index contributed by atoms with van der Waals surface area (Å²) < 4.78 is 102. The average molecular weight is 921 g/mol. The van der Waals surface area contributed by atoms with Crippen LogP contribution in [0.1, 0.15) is 92.9 Å². The number of alkyl halides is 4. The van der Waals surface area contributed by atoms with Gasteiger partial charge in [-0.25, -0.2) is 55.5 Å². The van der Waals surface area contributed by atoms with Crippen LogP contribution < -0.4 is 19.6 Å². The highest BCUT2D eigenvalue weighted by atomic mass is 32.2. The molecule has 0 N–H and O–H groups in total. The van der Waals surface area contributed by atoms with E-state index >= 15 is 0 Å². The molecule has 16 nitrogen and oxygen atoms in total. The highest BCUT2D eigenvalue weighted by molar-refractivity contribution is 7.98. The van der Waals surface area contributed by atoms with E-state index in [0.29, 0.717) is 75.2 Å². The van der Waals surface area contributed by atoms with Gasteiger partial charge in [0.2, 0.25) is 21.7 Å². The molecule has 2 saturated carbocycles. The number of halogens is 4. The number of thioether (sulfide) groups is 1. The van der Waals surface area contributed by atoms with Gasteiger partial charge in [-0.05, 0) is 73.5 Å². The molecule has 2 aromatic heterocycles. The van der Waals surface area contributed by atoms with Crippen LogP contribution in [-0.2, 0) is 28.8 Å². The van der Waals surface area contributed by atoms with Crippen molar-refractivity contribution in [3.63, 3.8) is 0 Å².